The Hall–Kier alpha value is -1.30. The fraction of sp³-hybridized carbons (Fsp3) is 0.500. The van der Waals surface area contributed by atoms with Gasteiger partial charge in [-0.25, -0.2) is 4.98 Å². The summed E-state index contributed by atoms with van der Waals surface area (Å²) in [5, 5.41) is 13.7. The lowest BCUT2D eigenvalue weighted by Gasteiger charge is -2.11. The summed E-state index contributed by atoms with van der Waals surface area (Å²) >= 11 is 1.76. The predicted octanol–water partition coefficient (Wildman–Crippen LogP) is 2.40. The molecule has 0 spiro atoms. The van der Waals surface area contributed by atoms with Crippen LogP contribution in [0.1, 0.15) is 6.92 Å². The van der Waals surface area contributed by atoms with Gasteiger partial charge in [-0.3, -0.25) is 10.1 Å². The lowest BCUT2D eigenvalue weighted by Crippen LogP contribution is -2.14. The first kappa shape index (κ1) is 12.8. The van der Waals surface area contributed by atoms with Gasteiger partial charge in [-0.2, -0.15) is 11.8 Å². The number of hydrogen-bond donors (Lipinski definition) is 1. The van der Waals surface area contributed by atoms with Crippen LogP contribution >= 0.6 is 11.8 Å². The Morgan fingerprint density at radius 2 is 2.44 bits per heavy atom. The van der Waals surface area contributed by atoms with Crippen LogP contribution in [-0.2, 0) is 0 Å². The first-order chi connectivity index (χ1) is 7.65. The Bertz CT molecular complexity index is 360. The molecule has 16 heavy (non-hydrogen) atoms. The van der Waals surface area contributed by atoms with Crippen molar-refractivity contribution in [3.63, 3.8) is 0 Å². The van der Waals surface area contributed by atoms with Gasteiger partial charge >= 0.3 is 5.69 Å². The maximum absolute atomic E-state index is 10.7. The molecule has 6 heteroatoms. The van der Waals surface area contributed by atoms with Gasteiger partial charge in [-0.15, -0.1) is 0 Å². The van der Waals surface area contributed by atoms with E-state index in [1.807, 2.05) is 6.26 Å². The minimum atomic E-state index is -0.422. The number of nitrogens with zero attached hydrogens (tertiary/aromatic N) is 2. The van der Waals surface area contributed by atoms with Crippen molar-refractivity contribution < 1.29 is 4.92 Å². The zero-order valence-electron chi connectivity index (χ0n) is 9.34. The highest BCUT2D eigenvalue weighted by molar-refractivity contribution is 7.98. The molecule has 0 bridgehead atoms. The molecule has 1 rings (SSSR count). The van der Waals surface area contributed by atoms with Crippen molar-refractivity contribution in [3.05, 3.63) is 28.4 Å². The van der Waals surface area contributed by atoms with Crippen molar-refractivity contribution in [1.29, 1.82) is 0 Å². The average molecular weight is 241 g/mol. The van der Waals surface area contributed by atoms with Crippen molar-refractivity contribution in [2.45, 2.75) is 6.92 Å². The van der Waals surface area contributed by atoms with Crippen molar-refractivity contribution in [2.24, 2.45) is 5.92 Å². The molecule has 0 saturated heterocycles. The first-order valence-electron chi connectivity index (χ1n) is 4.97. The molecule has 1 aromatic heterocycles. The topological polar surface area (TPSA) is 68.1 Å². The molecule has 1 N–H and O–H groups in total. The van der Waals surface area contributed by atoms with Gasteiger partial charge in [0.1, 0.15) is 0 Å². The van der Waals surface area contributed by atoms with E-state index < -0.39 is 4.92 Å². The van der Waals surface area contributed by atoms with E-state index in [-0.39, 0.29) is 5.69 Å². The molecule has 0 aliphatic rings. The van der Waals surface area contributed by atoms with Crippen LogP contribution in [0, 0.1) is 16.0 Å². The lowest BCUT2D eigenvalue weighted by atomic mass is 10.2. The molecule has 0 saturated carbocycles. The summed E-state index contributed by atoms with van der Waals surface area (Å²) in [5.41, 5.74) is 0.0267. The lowest BCUT2D eigenvalue weighted by molar-refractivity contribution is -0.384. The molecule has 1 unspecified atom stereocenters. The molecular formula is C10H15N3O2S. The second-order valence-corrected chi connectivity index (χ2v) is 4.48. The third-order valence-electron chi connectivity index (χ3n) is 2.05. The normalized spacial score (nSPS) is 12.1. The summed E-state index contributed by atoms with van der Waals surface area (Å²) in [5.74, 6) is 1.82. The summed E-state index contributed by atoms with van der Waals surface area (Å²) in [7, 11) is 0. The van der Waals surface area contributed by atoms with E-state index in [9.17, 15) is 10.1 Å². The van der Waals surface area contributed by atoms with Gasteiger partial charge in [0.15, 0.2) is 0 Å². The Morgan fingerprint density at radius 3 is 3.06 bits per heavy atom. The highest BCUT2D eigenvalue weighted by Crippen LogP contribution is 2.20. The second-order valence-electron chi connectivity index (χ2n) is 3.57. The zero-order chi connectivity index (χ0) is 12.0. The quantitative estimate of drug-likeness (QED) is 0.612. The number of nitro groups is 1. The largest absolute Gasteiger partial charge is 0.364 e. The Morgan fingerprint density at radius 1 is 1.69 bits per heavy atom. The standard InChI is InChI=1S/C10H15N3O2S/c1-8(7-16-2)6-12-10-9(13(14)15)4-3-5-11-10/h3-5,8H,6-7H2,1-2H3,(H,11,12). The van der Waals surface area contributed by atoms with E-state index in [4.69, 9.17) is 0 Å². The van der Waals surface area contributed by atoms with Crippen molar-refractivity contribution >= 4 is 23.3 Å². The van der Waals surface area contributed by atoms with Crippen molar-refractivity contribution in [1.82, 2.24) is 4.98 Å². The Kier molecular flexibility index (Phi) is 5.04. The molecule has 0 radical (unpaired) electrons. The number of aromatic nitrogens is 1. The molecule has 0 amide bonds. The number of rotatable bonds is 6. The maximum atomic E-state index is 10.7. The Balaban J connectivity index is 2.63. The molecule has 0 fully saturated rings. The van der Waals surface area contributed by atoms with E-state index in [1.165, 1.54) is 6.07 Å². The van der Waals surface area contributed by atoms with Crippen LogP contribution in [0.15, 0.2) is 18.3 Å². The molecule has 88 valence electrons. The minimum absolute atomic E-state index is 0.0267. The fourth-order valence-electron chi connectivity index (χ4n) is 1.29. The van der Waals surface area contributed by atoms with Gasteiger partial charge in [-0.1, -0.05) is 6.92 Å². The van der Waals surface area contributed by atoms with Crippen LogP contribution < -0.4 is 5.32 Å². The van der Waals surface area contributed by atoms with E-state index in [0.717, 1.165) is 5.75 Å². The summed E-state index contributed by atoms with van der Waals surface area (Å²) in [4.78, 5) is 14.3. The summed E-state index contributed by atoms with van der Waals surface area (Å²) < 4.78 is 0. The molecule has 0 aliphatic carbocycles. The van der Waals surface area contributed by atoms with Crippen molar-refractivity contribution in [3.8, 4) is 0 Å². The minimum Gasteiger partial charge on any atom is -0.364 e. The molecule has 1 aromatic rings. The molecule has 0 aliphatic heterocycles. The number of hydrogen-bond acceptors (Lipinski definition) is 5. The molecule has 1 atom stereocenters. The van der Waals surface area contributed by atoms with Crippen LogP contribution in [-0.4, -0.2) is 28.5 Å². The zero-order valence-corrected chi connectivity index (χ0v) is 10.2. The molecular weight excluding hydrogens is 226 g/mol. The number of nitrogens with one attached hydrogen (secondary N) is 1. The highest BCUT2D eigenvalue weighted by Gasteiger charge is 2.14. The van der Waals surface area contributed by atoms with E-state index in [0.29, 0.717) is 18.3 Å². The average Bonchev–Trinajstić information content (AvgIpc) is 2.27. The highest BCUT2D eigenvalue weighted by atomic mass is 32.2. The van der Waals surface area contributed by atoms with Gasteiger partial charge in [-0.05, 0) is 24.0 Å². The molecule has 0 aromatic carbocycles. The second kappa shape index (κ2) is 6.32. The maximum Gasteiger partial charge on any atom is 0.311 e. The van der Waals surface area contributed by atoms with Gasteiger partial charge in [0.05, 0.1) is 4.92 Å². The van der Waals surface area contributed by atoms with Gasteiger partial charge in [0.25, 0.3) is 0 Å². The summed E-state index contributed by atoms with van der Waals surface area (Å²) in [6, 6.07) is 3.02. The third kappa shape index (κ3) is 3.69. The van der Waals surface area contributed by atoms with Crippen LogP contribution in [0.5, 0.6) is 0 Å². The molecule has 1 heterocycles. The monoisotopic (exact) mass is 241 g/mol. The van der Waals surface area contributed by atoms with Crippen LogP contribution in [0.25, 0.3) is 0 Å². The van der Waals surface area contributed by atoms with E-state index >= 15 is 0 Å². The number of anilines is 1. The smallest absolute Gasteiger partial charge is 0.311 e. The number of pyridine rings is 1. The number of thioether (sulfide) groups is 1. The van der Waals surface area contributed by atoms with Crippen LogP contribution in [0.4, 0.5) is 11.5 Å². The van der Waals surface area contributed by atoms with E-state index in [1.54, 1.807) is 24.0 Å². The van der Waals surface area contributed by atoms with Crippen molar-refractivity contribution in [2.75, 3.05) is 23.9 Å². The van der Waals surface area contributed by atoms with Gasteiger partial charge in [0, 0.05) is 18.8 Å². The van der Waals surface area contributed by atoms with Gasteiger partial charge < -0.3 is 5.32 Å². The predicted molar refractivity (Wildman–Crippen MR) is 66.9 cm³/mol. The first-order valence-corrected chi connectivity index (χ1v) is 6.36. The van der Waals surface area contributed by atoms with Gasteiger partial charge in [0.2, 0.25) is 5.82 Å². The summed E-state index contributed by atoms with van der Waals surface area (Å²) in [6.07, 6.45) is 3.59. The Labute approximate surface area is 98.8 Å². The van der Waals surface area contributed by atoms with E-state index in [2.05, 4.69) is 17.2 Å². The SMILES string of the molecule is CSCC(C)CNc1ncccc1[N+](=O)[O-]. The molecule has 5 nitrogen and oxygen atoms in total. The summed E-state index contributed by atoms with van der Waals surface area (Å²) in [6.45, 7) is 2.79. The fourth-order valence-corrected chi connectivity index (χ4v) is 1.98. The van der Waals surface area contributed by atoms with Crippen LogP contribution in [0.2, 0.25) is 0 Å². The third-order valence-corrected chi connectivity index (χ3v) is 2.95. The van der Waals surface area contributed by atoms with Crippen LogP contribution in [0.3, 0.4) is 0 Å².